The molecule has 1 amide bonds. The molecule has 0 aliphatic heterocycles. The number of amides is 1. The van der Waals surface area contributed by atoms with Gasteiger partial charge in [0, 0.05) is 6.20 Å². The lowest BCUT2D eigenvalue weighted by atomic mass is 10.2. The molecule has 0 radical (unpaired) electrons. The Morgan fingerprint density at radius 1 is 1.14 bits per heavy atom. The molecule has 1 atom stereocenters. The van der Waals surface area contributed by atoms with Crippen LogP contribution in [-0.2, 0) is 11.3 Å². The largest absolute Gasteiger partial charge is 0.455 e. The number of fused-ring (bicyclic) bond motifs is 1. The number of anilines is 1. The average Bonchev–Trinajstić information content (AvgIpc) is 3.07. The van der Waals surface area contributed by atoms with Crippen LogP contribution in [-0.4, -0.2) is 26.7 Å². The molecule has 4 rings (SSSR count). The Hall–Kier alpha value is -3.71. The van der Waals surface area contributed by atoms with Crippen molar-refractivity contribution in [3.63, 3.8) is 0 Å². The summed E-state index contributed by atoms with van der Waals surface area (Å²) in [4.78, 5) is 16.3. The molecule has 2 heterocycles. The fraction of sp³-hybridized carbons (Fsp3) is 0.136. The van der Waals surface area contributed by atoms with Crippen LogP contribution in [0.15, 0.2) is 73.1 Å². The van der Waals surface area contributed by atoms with Gasteiger partial charge in [0.25, 0.3) is 0 Å². The van der Waals surface area contributed by atoms with E-state index < -0.39 is 6.04 Å². The number of rotatable bonds is 6. The van der Waals surface area contributed by atoms with Gasteiger partial charge in [-0.1, -0.05) is 36.4 Å². The third-order valence-electron chi connectivity index (χ3n) is 4.43. The van der Waals surface area contributed by atoms with Crippen LogP contribution in [0.25, 0.3) is 10.9 Å². The van der Waals surface area contributed by atoms with Crippen molar-refractivity contribution < 1.29 is 9.53 Å². The van der Waals surface area contributed by atoms with Crippen LogP contribution in [0.2, 0.25) is 0 Å². The molecular formula is C22H21N5O2. The second-order valence-electron chi connectivity index (χ2n) is 6.71. The number of carbonyl (C=O) groups is 1. The summed E-state index contributed by atoms with van der Waals surface area (Å²) in [6, 6.07) is 18.6. The van der Waals surface area contributed by atoms with E-state index in [2.05, 4.69) is 15.4 Å². The molecule has 0 bridgehead atoms. The Balaban J connectivity index is 1.80. The Morgan fingerprint density at radius 2 is 1.97 bits per heavy atom. The number of aromatic nitrogens is 3. The van der Waals surface area contributed by atoms with E-state index in [4.69, 9.17) is 10.5 Å². The van der Waals surface area contributed by atoms with Gasteiger partial charge in [-0.05, 0) is 36.8 Å². The number of benzene rings is 2. The van der Waals surface area contributed by atoms with E-state index in [1.54, 1.807) is 25.4 Å². The first-order chi connectivity index (χ1) is 14.1. The van der Waals surface area contributed by atoms with Crippen LogP contribution >= 0.6 is 0 Å². The molecule has 0 spiro atoms. The molecule has 4 aromatic rings. The lowest BCUT2D eigenvalue weighted by molar-refractivity contribution is -0.117. The lowest BCUT2D eigenvalue weighted by Gasteiger charge is -2.09. The first-order valence-electron chi connectivity index (χ1n) is 9.29. The van der Waals surface area contributed by atoms with Gasteiger partial charge in [0.15, 0.2) is 5.82 Å². The smallest absolute Gasteiger partial charge is 0.242 e. The van der Waals surface area contributed by atoms with Gasteiger partial charge in [-0.2, -0.15) is 5.10 Å². The summed E-state index contributed by atoms with van der Waals surface area (Å²) < 4.78 is 7.88. The van der Waals surface area contributed by atoms with E-state index in [0.717, 1.165) is 11.1 Å². The molecule has 0 saturated heterocycles. The molecular weight excluding hydrogens is 366 g/mol. The van der Waals surface area contributed by atoms with Crippen molar-refractivity contribution in [3.05, 3.63) is 78.6 Å². The van der Waals surface area contributed by atoms with Crippen LogP contribution < -0.4 is 15.8 Å². The third kappa shape index (κ3) is 4.09. The monoisotopic (exact) mass is 387 g/mol. The highest BCUT2D eigenvalue weighted by atomic mass is 16.5. The SMILES string of the molecule is C[C@@H](N)C(=O)Nc1nn(Cc2ccccc2)c2cccc(Oc3cccnc3)c12. The molecule has 0 aliphatic carbocycles. The zero-order chi connectivity index (χ0) is 20.2. The van der Waals surface area contributed by atoms with Gasteiger partial charge in [0.1, 0.15) is 11.5 Å². The molecule has 3 N–H and O–H groups in total. The van der Waals surface area contributed by atoms with Crippen molar-refractivity contribution in [3.8, 4) is 11.5 Å². The molecule has 0 saturated carbocycles. The normalized spacial score (nSPS) is 11.9. The van der Waals surface area contributed by atoms with Crippen molar-refractivity contribution in [2.45, 2.75) is 19.5 Å². The molecule has 146 valence electrons. The third-order valence-corrected chi connectivity index (χ3v) is 4.43. The van der Waals surface area contributed by atoms with Crippen molar-refractivity contribution in [2.75, 3.05) is 5.32 Å². The Bertz CT molecular complexity index is 1120. The minimum absolute atomic E-state index is 0.313. The Labute approximate surface area is 168 Å². The second kappa shape index (κ2) is 8.12. The molecule has 7 heteroatoms. The minimum atomic E-state index is -0.657. The molecule has 7 nitrogen and oxygen atoms in total. The molecule has 2 aromatic heterocycles. The topological polar surface area (TPSA) is 95.1 Å². The number of hydrogen-bond acceptors (Lipinski definition) is 5. The van der Waals surface area contributed by atoms with Crippen LogP contribution in [0.5, 0.6) is 11.5 Å². The number of pyridine rings is 1. The molecule has 0 aliphatic rings. The predicted molar refractivity (Wildman–Crippen MR) is 112 cm³/mol. The zero-order valence-electron chi connectivity index (χ0n) is 15.9. The number of nitrogens with one attached hydrogen (secondary N) is 1. The van der Waals surface area contributed by atoms with Crippen LogP contribution in [0.4, 0.5) is 5.82 Å². The minimum Gasteiger partial charge on any atom is -0.455 e. The highest BCUT2D eigenvalue weighted by Crippen LogP contribution is 2.35. The van der Waals surface area contributed by atoms with E-state index in [1.807, 2.05) is 59.3 Å². The Morgan fingerprint density at radius 3 is 2.69 bits per heavy atom. The number of nitrogens with zero attached hydrogens (tertiary/aromatic N) is 3. The highest BCUT2D eigenvalue weighted by Gasteiger charge is 2.19. The molecule has 29 heavy (non-hydrogen) atoms. The summed E-state index contributed by atoms with van der Waals surface area (Å²) in [7, 11) is 0. The highest BCUT2D eigenvalue weighted by molar-refractivity contribution is 6.04. The summed E-state index contributed by atoms with van der Waals surface area (Å²) in [6.07, 6.45) is 3.31. The number of hydrogen-bond donors (Lipinski definition) is 2. The summed E-state index contributed by atoms with van der Waals surface area (Å²) >= 11 is 0. The fourth-order valence-electron chi connectivity index (χ4n) is 3.01. The maximum absolute atomic E-state index is 12.3. The summed E-state index contributed by atoms with van der Waals surface area (Å²) in [5.41, 5.74) is 7.67. The summed E-state index contributed by atoms with van der Waals surface area (Å²) in [5, 5.41) is 8.18. The first-order valence-corrected chi connectivity index (χ1v) is 9.29. The van der Waals surface area contributed by atoms with Gasteiger partial charge in [-0.25, -0.2) is 0 Å². The van der Waals surface area contributed by atoms with E-state index in [9.17, 15) is 4.79 Å². The lowest BCUT2D eigenvalue weighted by Crippen LogP contribution is -2.32. The van der Waals surface area contributed by atoms with Crippen molar-refractivity contribution in [1.82, 2.24) is 14.8 Å². The molecule has 0 fully saturated rings. The predicted octanol–water partition coefficient (Wildman–Crippen LogP) is 3.56. The summed E-state index contributed by atoms with van der Waals surface area (Å²) in [5.74, 6) is 1.28. The summed E-state index contributed by atoms with van der Waals surface area (Å²) in [6.45, 7) is 2.19. The van der Waals surface area contributed by atoms with Crippen LogP contribution in [0.1, 0.15) is 12.5 Å². The number of nitrogens with two attached hydrogens (primary N) is 1. The van der Waals surface area contributed by atoms with Crippen molar-refractivity contribution >= 4 is 22.6 Å². The zero-order valence-corrected chi connectivity index (χ0v) is 15.9. The fourth-order valence-corrected chi connectivity index (χ4v) is 3.01. The van der Waals surface area contributed by atoms with Gasteiger partial charge in [-0.15, -0.1) is 0 Å². The number of ether oxygens (including phenoxy) is 1. The molecule has 2 aromatic carbocycles. The average molecular weight is 387 g/mol. The van der Waals surface area contributed by atoms with Crippen LogP contribution in [0.3, 0.4) is 0 Å². The quantitative estimate of drug-likeness (QED) is 0.527. The van der Waals surface area contributed by atoms with Crippen molar-refractivity contribution in [2.24, 2.45) is 5.73 Å². The van der Waals surface area contributed by atoms with Crippen LogP contribution in [0, 0.1) is 0 Å². The molecule has 0 unspecified atom stereocenters. The van der Waals surface area contributed by atoms with E-state index in [0.29, 0.717) is 29.2 Å². The van der Waals surface area contributed by atoms with E-state index in [1.165, 1.54) is 0 Å². The first kappa shape index (κ1) is 18.6. The maximum Gasteiger partial charge on any atom is 0.242 e. The maximum atomic E-state index is 12.3. The second-order valence-corrected chi connectivity index (χ2v) is 6.71. The number of carbonyl (C=O) groups excluding carboxylic acids is 1. The van der Waals surface area contributed by atoms with Gasteiger partial charge in [-0.3, -0.25) is 14.5 Å². The van der Waals surface area contributed by atoms with Gasteiger partial charge in [0.05, 0.1) is 29.7 Å². The standard InChI is InChI=1S/C22H21N5O2/c1-15(23)22(28)25-21-20-18(27(26-21)14-16-7-3-2-4-8-16)10-5-11-19(20)29-17-9-6-12-24-13-17/h2-13,15H,14,23H2,1H3,(H,25,26,28)/t15-/m1/s1. The van der Waals surface area contributed by atoms with Gasteiger partial charge < -0.3 is 15.8 Å². The van der Waals surface area contributed by atoms with E-state index >= 15 is 0 Å². The van der Waals surface area contributed by atoms with Gasteiger partial charge in [0.2, 0.25) is 5.91 Å². The van der Waals surface area contributed by atoms with Gasteiger partial charge >= 0.3 is 0 Å². The Kier molecular flexibility index (Phi) is 5.22. The van der Waals surface area contributed by atoms with E-state index in [-0.39, 0.29) is 5.91 Å². The van der Waals surface area contributed by atoms with Crippen molar-refractivity contribution in [1.29, 1.82) is 0 Å².